The molecule has 3 rings (SSSR count). The van der Waals surface area contributed by atoms with Crippen molar-refractivity contribution >= 4 is 0 Å². The lowest BCUT2D eigenvalue weighted by Crippen LogP contribution is -2.31. The van der Waals surface area contributed by atoms with E-state index < -0.39 is 0 Å². The minimum absolute atomic E-state index is 0.485. The highest BCUT2D eigenvalue weighted by Crippen LogP contribution is 2.35. The summed E-state index contributed by atoms with van der Waals surface area (Å²) in [5.41, 5.74) is 2.79. The molecule has 2 bridgehead atoms. The standard InChI is InChI=1S/C11H17N3/c1-7(2)14-6-9-10-4-3-8(12-10)5-11(9)13-14/h6-8,10,12H,3-5H2,1-2H3/t8-,10-/m0/s1. The van der Waals surface area contributed by atoms with Crippen LogP contribution in [0.5, 0.6) is 0 Å². The molecule has 14 heavy (non-hydrogen) atoms. The third-order valence-corrected chi connectivity index (χ3v) is 3.43. The zero-order chi connectivity index (χ0) is 9.71. The van der Waals surface area contributed by atoms with Crippen LogP contribution in [-0.2, 0) is 6.42 Å². The van der Waals surface area contributed by atoms with Gasteiger partial charge in [-0.2, -0.15) is 5.10 Å². The van der Waals surface area contributed by atoms with Crippen molar-refractivity contribution in [3.8, 4) is 0 Å². The van der Waals surface area contributed by atoms with Crippen molar-refractivity contribution in [3.63, 3.8) is 0 Å². The van der Waals surface area contributed by atoms with Gasteiger partial charge in [0.05, 0.1) is 5.69 Å². The van der Waals surface area contributed by atoms with Gasteiger partial charge in [-0.1, -0.05) is 0 Å². The first-order chi connectivity index (χ1) is 6.74. The van der Waals surface area contributed by atoms with Crippen molar-refractivity contribution < 1.29 is 0 Å². The quantitative estimate of drug-likeness (QED) is 0.733. The highest BCUT2D eigenvalue weighted by molar-refractivity contribution is 5.28. The molecule has 0 aliphatic carbocycles. The second-order valence-corrected chi connectivity index (χ2v) is 4.80. The summed E-state index contributed by atoms with van der Waals surface area (Å²) in [5, 5.41) is 8.31. The fraction of sp³-hybridized carbons (Fsp3) is 0.727. The lowest BCUT2D eigenvalue weighted by Gasteiger charge is -2.19. The van der Waals surface area contributed by atoms with Crippen LogP contribution in [0.2, 0.25) is 0 Å². The number of hydrogen-bond acceptors (Lipinski definition) is 2. The molecule has 2 atom stereocenters. The Bertz CT molecular complexity index is 353. The van der Waals surface area contributed by atoms with Gasteiger partial charge in [0.15, 0.2) is 0 Å². The van der Waals surface area contributed by atoms with Crippen LogP contribution in [0.4, 0.5) is 0 Å². The number of nitrogens with one attached hydrogen (secondary N) is 1. The zero-order valence-electron chi connectivity index (χ0n) is 8.83. The van der Waals surface area contributed by atoms with E-state index in [1.165, 1.54) is 24.1 Å². The van der Waals surface area contributed by atoms with Crippen LogP contribution in [-0.4, -0.2) is 15.8 Å². The van der Waals surface area contributed by atoms with Crippen molar-refractivity contribution in [1.29, 1.82) is 0 Å². The monoisotopic (exact) mass is 191 g/mol. The third kappa shape index (κ3) is 1.12. The van der Waals surface area contributed by atoms with E-state index in [4.69, 9.17) is 0 Å². The smallest absolute Gasteiger partial charge is 0.0688 e. The molecule has 0 saturated carbocycles. The van der Waals surface area contributed by atoms with Gasteiger partial charge < -0.3 is 5.32 Å². The number of rotatable bonds is 1. The number of aromatic nitrogens is 2. The van der Waals surface area contributed by atoms with Gasteiger partial charge in [0.25, 0.3) is 0 Å². The molecule has 1 fully saturated rings. The van der Waals surface area contributed by atoms with Crippen LogP contribution >= 0.6 is 0 Å². The maximum absolute atomic E-state index is 4.67. The fourth-order valence-electron chi connectivity index (χ4n) is 2.62. The minimum atomic E-state index is 0.485. The summed E-state index contributed by atoms with van der Waals surface area (Å²) in [6.07, 6.45) is 5.98. The molecule has 2 aliphatic heterocycles. The van der Waals surface area contributed by atoms with Crippen LogP contribution in [0.1, 0.15) is 50.0 Å². The Morgan fingerprint density at radius 3 is 3.14 bits per heavy atom. The lowest BCUT2D eigenvalue weighted by atomic mass is 10.0. The largest absolute Gasteiger partial charge is 0.307 e. The molecule has 1 aromatic rings. The predicted molar refractivity (Wildman–Crippen MR) is 55.2 cm³/mol. The normalized spacial score (nSPS) is 29.6. The predicted octanol–water partition coefficient (Wildman–Crippen LogP) is 1.81. The van der Waals surface area contributed by atoms with Crippen LogP contribution in [0.25, 0.3) is 0 Å². The molecule has 0 unspecified atom stereocenters. The van der Waals surface area contributed by atoms with E-state index in [1.54, 1.807) is 0 Å². The zero-order valence-corrected chi connectivity index (χ0v) is 8.83. The molecule has 0 radical (unpaired) electrons. The summed E-state index contributed by atoms with van der Waals surface area (Å²) in [6.45, 7) is 4.37. The second kappa shape index (κ2) is 2.83. The van der Waals surface area contributed by atoms with Crippen LogP contribution in [0.15, 0.2) is 6.20 Å². The van der Waals surface area contributed by atoms with Gasteiger partial charge in [-0.3, -0.25) is 4.68 Å². The number of nitrogens with zero attached hydrogens (tertiary/aromatic N) is 2. The summed E-state index contributed by atoms with van der Waals surface area (Å²) in [7, 11) is 0. The SMILES string of the molecule is CC(C)n1cc2c(n1)C[C@@H]1CC[C@@H]2N1. The summed E-state index contributed by atoms with van der Waals surface area (Å²) in [5.74, 6) is 0. The maximum Gasteiger partial charge on any atom is 0.0688 e. The van der Waals surface area contributed by atoms with E-state index >= 15 is 0 Å². The van der Waals surface area contributed by atoms with Gasteiger partial charge in [0.1, 0.15) is 0 Å². The summed E-state index contributed by atoms with van der Waals surface area (Å²) in [6, 6.07) is 1.78. The Kier molecular flexibility index (Phi) is 1.71. The van der Waals surface area contributed by atoms with Crippen LogP contribution in [0.3, 0.4) is 0 Å². The molecule has 1 saturated heterocycles. The average molecular weight is 191 g/mol. The molecule has 1 N–H and O–H groups in total. The summed E-state index contributed by atoms with van der Waals surface area (Å²) < 4.78 is 2.10. The van der Waals surface area contributed by atoms with Crippen molar-refractivity contribution in [2.45, 2.75) is 51.2 Å². The molecule has 3 nitrogen and oxygen atoms in total. The molecule has 0 aromatic carbocycles. The first-order valence-corrected chi connectivity index (χ1v) is 5.58. The number of hydrogen-bond donors (Lipinski definition) is 1. The first-order valence-electron chi connectivity index (χ1n) is 5.58. The second-order valence-electron chi connectivity index (χ2n) is 4.80. The highest BCUT2D eigenvalue weighted by Gasteiger charge is 2.34. The van der Waals surface area contributed by atoms with Gasteiger partial charge in [0.2, 0.25) is 0 Å². The van der Waals surface area contributed by atoms with Crippen molar-refractivity contribution in [3.05, 3.63) is 17.5 Å². The number of fused-ring (bicyclic) bond motifs is 4. The maximum atomic E-state index is 4.67. The summed E-state index contributed by atoms with van der Waals surface area (Å²) >= 11 is 0. The van der Waals surface area contributed by atoms with E-state index in [0.717, 1.165) is 6.42 Å². The van der Waals surface area contributed by atoms with E-state index in [-0.39, 0.29) is 0 Å². The summed E-state index contributed by atoms with van der Waals surface area (Å²) in [4.78, 5) is 0. The lowest BCUT2D eigenvalue weighted by molar-refractivity contribution is 0.501. The van der Waals surface area contributed by atoms with Crippen molar-refractivity contribution in [1.82, 2.24) is 15.1 Å². The van der Waals surface area contributed by atoms with Gasteiger partial charge in [-0.05, 0) is 26.7 Å². The van der Waals surface area contributed by atoms with Crippen molar-refractivity contribution in [2.24, 2.45) is 0 Å². The van der Waals surface area contributed by atoms with Crippen molar-refractivity contribution in [2.75, 3.05) is 0 Å². The third-order valence-electron chi connectivity index (χ3n) is 3.43. The van der Waals surface area contributed by atoms with Gasteiger partial charge in [0, 0.05) is 36.3 Å². The van der Waals surface area contributed by atoms with E-state index in [9.17, 15) is 0 Å². The Morgan fingerprint density at radius 1 is 1.50 bits per heavy atom. The van der Waals surface area contributed by atoms with Crippen LogP contribution < -0.4 is 5.32 Å². The molecular weight excluding hydrogens is 174 g/mol. The molecule has 0 spiro atoms. The molecule has 76 valence electrons. The van der Waals surface area contributed by atoms with E-state index in [2.05, 4.69) is 35.1 Å². The van der Waals surface area contributed by atoms with Gasteiger partial charge >= 0.3 is 0 Å². The molecular formula is C11H17N3. The molecule has 2 aliphatic rings. The van der Waals surface area contributed by atoms with E-state index in [0.29, 0.717) is 18.1 Å². The molecule has 3 heteroatoms. The Labute approximate surface area is 84.5 Å². The first kappa shape index (κ1) is 8.48. The fourth-order valence-corrected chi connectivity index (χ4v) is 2.62. The Balaban J connectivity index is 2.01. The Hall–Kier alpha value is -0.830. The molecule has 3 heterocycles. The topological polar surface area (TPSA) is 29.9 Å². The minimum Gasteiger partial charge on any atom is -0.307 e. The average Bonchev–Trinajstić information content (AvgIpc) is 2.71. The highest BCUT2D eigenvalue weighted by atomic mass is 15.3. The van der Waals surface area contributed by atoms with E-state index in [1.807, 2.05) is 0 Å². The molecule has 1 aromatic heterocycles. The molecule has 0 amide bonds. The van der Waals surface area contributed by atoms with Crippen LogP contribution in [0, 0.1) is 0 Å². The van der Waals surface area contributed by atoms with Gasteiger partial charge in [-0.15, -0.1) is 0 Å². The Morgan fingerprint density at radius 2 is 2.36 bits per heavy atom. The van der Waals surface area contributed by atoms with Gasteiger partial charge in [-0.25, -0.2) is 0 Å².